The van der Waals surface area contributed by atoms with Gasteiger partial charge in [-0.3, -0.25) is 10.8 Å². The summed E-state index contributed by atoms with van der Waals surface area (Å²) in [6, 6.07) is 3.06. The smallest absolute Gasteiger partial charge is 0.201 e. The predicted molar refractivity (Wildman–Crippen MR) is 76.1 cm³/mol. The summed E-state index contributed by atoms with van der Waals surface area (Å²) >= 11 is 12.0. The van der Waals surface area contributed by atoms with Gasteiger partial charge in [0.1, 0.15) is 11.8 Å². The number of aromatic hydroxyl groups is 1. The van der Waals surface area contributed by atoms with Crippen LogP contribution >= 0.6 is 23.2 Å². The first kappa shape index (κ1) is 15.1. The number of nitrogens with two attached hydrogens (primary N) is 1. The number of amidine groups is 1. The minimum atomic E-state index is -0.489. The number of nitrogens with zero attached hydrogens (tertiary/aromatic N) is 2. The van der Waals surface area contributed by atoms with E-state index in [2.05, 4.69) is 10.5 Å². The number of hydrogen-bond acceptors (Lipinski definition) is 5. The molecule has 0 spiro atoms. The third-order valence-corrected chi connectivity index (χ3v) is 3.03. The highest BCUT2D eigenvalue weighted by atomic mass is 35.5. The van der Waals surface area contributed by atoms with Gasteiger partial charge in [-0.05, 0) is 18.1 Å². The van der Waals surface area contributed by atoms with E-state index >= 15 is 0 Å². The SMILES string of the molecule is CCc1c(Cl)cc(N/N=C(\C#N)C(=N)N)c(O)c1Cl. The molecule has 0 saturated heterocycles. The summed E-state index contributed by atoms with van der Waals surface area (Å²) in [6.07, 6.45) is 0.561. The molecule has 0 heterocycles. The topological polar surface area (TPSA) is 118 Å². The van der Waals surface area contributed by atoms with Crippen molar-refractivity contribution >= 4 is 40.4 Å². The van der Waals surface area contributed by atoms with Crippen molar-refractivity contribution < 1.29 is 5.11 Å². The molecule has 1 rings (SSSR count). The molecule has 0 fully saturated rings. The zero-order chi connectivity index (χ0) is 14.6. The van der Waals surface area contributed by atoms with E-state index in [1.54, 1.807) is 6.07 Å². The second-order valence-electron chi connectivity index (χ2n) is 3.50. The minimum absolute atomic E-state index is 0.119. The van der Waals surface area contributed by atoms with Crippen molar-refractivity contribution in [2.45, 2.75) is 13.3 Å². The number of phenolic OH excluding ortho intramolecular Hbond substituents is 1. The van der Waals surface area contributed by atoms with Gasteiger partial charge in [-0.15, -0.1) is 0 Å². The summed E-state index contributed by atoms with van der Waals surface area (Å²) in [5.41, 5.74) is 7.96. The Kier molecular flexibility index (Phi) is 4.98. The molecule has 0 aliphatic rings. The Morgan fingerprint density at radius 2 is 2.26 bits per heavy atom. The summed E-state index contributed by atoms with van der Waals surface area (Å²) < 4.78 is 0. The van der Waals surface area contributed by atoms with Gasteiger partial charge in [0.15, 0.2) is 11.6 Å². The summed E-state index contributed by atoms with van der Waals surface area (Å²) in [4.78, 5) is 0. The molecule has 8 heteroatoms. The molecule has 0 bridgehead atoms. The maximum atomic E-state index is 9.87. The van der Waals surface area contributed by atoms with Crippen molar-refractivity contribution in [3.05, 3.63) is 21.7 Å². The average molecular weight is 300 g/mol. The number of phenols is 1. The lowest BCUT2D eigenvalue weighted by Crippen LogP contribution is -2.21. The Hall–Kier alpha value is -1.97. The van der Waals surface area contributed by atoms with Crippen molar-refractivity contribution in [2.75, 3.05) is 5.43 Å². The summed E-state index contributed by atoms with van der Waals surface area (Å²) in [5, 5.41) is 29.7. The lowest BCUT2D eigenvalue weighted by molar-refractivity contribution is 0.477. The first-order valence-corrected chi connectivity index (χ1v) is 5.96. The molecule has 5 N–H and O–H groups in total. The minimum Gasteiger partial charge on any atom is -0.504 e. The van der Waals surface area contributed by atoms with Crippen molar-refractivity contribution in [3.8, 4) is 11.8 Å². The maximum Gasteiger partial charge on any atom is 0.201 e. The highest BCUT2D eigenvalue weighted by molar-refractivity contribution is 6.46. The molecule has 0 saturated carbocycles. The zero-order valence-electron chi connectivity index (χ0n) is 9.96. The molecule has 6 nitrogen and oxygen atoms in total. The lowest BCUT2D eigenvalue weighted by Gasteiger charge is -2.11. The second-order valence-corrected chi connectivity index (χ2v) is 4.28. The highest BCUT2D eigenvalue weighted by Crippen LogP contribution is 2.39. The molecule has 0 atom stereocenters. The van der Waals surface area contributed by atoms with Crippen LogP contribution in [0.25, 0.3) is 0 Å². The fraction of sp³-hybridized carbons (Fsp3) is 0.182. The van der Waals surface area contributed by atoms with E-state index in [9.17, 15) is 5.11 Å². The third-order valence-electron chi connectivity index (χ3n) is 2.29. The van der Waals surface area contributed by atoms with Crippen molar-refractivity contribution in [1.82, 2.24) is 0 Å². The molecule has 19 heavy (non-hydrogen) atoms. The lowest BCUT2D eigenvalue weighted by atomic mass is 10.1. The molecular weight excluding hydrogens is 289 g/mol. The van der Waals surface area contributed by atoms with Crippen LogP contribution in [0, 0.1) is 16.7 Å². The Balaban J connectivity index is 3.18. The summed E-state index contributed by atoms with van der Waals surface area (Å²) in [5.74, 6) is -0.718. The largest absolute Gasteiger partial charge is 0.504 e. The third kappa shape index (κ3) is 3.28. The molecule has 1 aromatic rings. The van der Waals surface area contributed by atoms with Crippen LogP contribution in [0.3, 0.4) is 0 Å². The van der Waals surface area contributed by atoms with Crippen molar-refractivity contribution in [3.63, 3.8) is 0 Å². The predicted octanol–water partition coefficient (Wildman–Crippen LogP) is 2.49. The molecule has 0 aliphatic heterocycles. The molecule has 1 aromatic carbocycles. The van der Waals surface area contributed by atoms with Gasteiger partial charge in [0.2, 0.25) is 5.71 Å². The van der Waals surface area contributed by atoms with E-state index in [1.807, 2.05) is 6.92 Å². The van der Waals surface area contributed by atoms with Crippen LogP contribution in [0.4, 0.5) is 5.69 Å². The number of nitriles is 1. The molecule has 0 unspecified atom stereocenters. The van der Waals surface area contributed by atoms with E-state index in [-0.39, 0.29) is 22.2 Å². The number of hydrogen-bond donors (Lipinski definition) is 4. The second kappa shape index (κ2) is 6.27. The van der Waals surface area contributed by atoms with Gasteiger partial charge < -0.3 is 10.8 Å². The van der Waals surface area contributed by atoms with Crippen molar-refractivity contribution in [2.24, 2.45) is 10.8 Å². The maximum absolute atomic E-state index is 9.87. The van der Waals surface area contributed by atoms with E-state index < -0.39 is 5.84 Å². The summed E-state index contributed by atoms with van der Waals surface area (Å²) in [6.45, 7) is 1.85. The van der Waals surface area contributed by atoms with Gasteiger partial charge in [-0.1, -0.05) is 30.1 Å². The molecule has 0 aliphatic carbocycles. The Morgan fingerprint density at radius 3 is 2.74 bits per heavy atom. The normalized spacial score (nSPS) is 10.9. The quantitative estimate of drug-likeness (QED) is 0.295. The highest BCUT2D eigenvalue weighted by Gasteiger charge is 2.14. The van der Waals surface area contributed by atoms with Crippen LogP contribution in [0.1, 0.15) is 12.5 Å². The van der Waals surface area contributed by atoms with Crippen LogP contribution in [-0.4, -0.2) is 16.7 Å². The Labute approximate surface area is 119 Å². The van der Waals surface area contributed by atoms with Crippen molar-refractivity contribution in [1.29, 1.82) is 10.7 Å². The van der Waals surface area contributed by atoms with E-state index in [0.29, 0.717) is 17.0 Å². The average Bonchev–Trinajstić information content (AvgIpc) is 2.36. The number of hydrazone groups is 1. The van der Waals surface area contributed by atoms with E-state index in [0.717, 1.165) is 0 Å². The first-order chi connectivity index (χ1) is 8.92. The zero-order valence-corrected chi connectivity index (χ0v) is 11.5. The van der Waals surface area contributed by atoms with Crippen LogP contribution in [-0.2, 0) is 6.42 Å². The molecular formula is C11H11Cl2N5O. The molecule has 0 radical (unpaired) electrons. The van der Waals surface area contributed by atoms with Gasteiger partial charge in [0.25, 0.3) is 0 Å². The van der Waals surface area contributed by atoms with Gasteiger partial charge in [0, 0.05) is 5.02 Å². The van der Waals surface area contributed by atoms with Crippen LogP contribution in [0.5, 0.6) is 5.75 Å². The van der Waals surface area contributed by atoms with E-state index in [1.165, 1.54) is 6.07 Å². The fourth-order valence-electron chi connectivity index (χ4n) is 1.32. The number of rotatable bonds is 4. The molecule has 100 valence electrons. The van der Waals surface area contributed by atoms with Gasteiger partial charge >= 0.3 is 0 Å². The van der Waals surface area contributed by atoms with E-state index in [4.69, 9.17) is 39.6 Å². The molecule has 0 amide bonds. The van der Waals surface area contributed by atoms with Crippen LogP contribution < -0.4 is 11.2 Å². The standard InChI is InChI=1S/C11H11Cl2N5O/c1-2-5-6(12)3-7(10(19)9(5)13)17-18-8(4-14)11(15)16/h3,17,19H,2H2,1H3,(H3,15,16)/b18-8+. The molecule has 0 aromatic heterocycles. The monoisotopic (exact) mass is 299 g/mol. The first-order valence-electron chi connectivity index (χ1n) is 5.20. The Morgan fingerprint density at radius 1 is 1.63 bits per heavy atom. The number of nitrogens with one attached hydrogen (secondary N) is 2. The fourth-order valence-corrected chi connectivity index (χ4v) is 2.04. The van der Waals surface area contributed by atoms with Gasteiger partial charge in [-0.25, -0.2) is 0 Å². The van der Waals surface area contributed by atoms with Gasteiger partial charge in [-0.2, -0.15) is 10.4 Å². The van der Waals surface area contributed by atoms with Crippen LogP contribution in [0.2, 0.25) is 10.0 Å². The number of anilines is 1. The van der Waals surface area contributed by atoms with Gasteiger partial charge in [0.05, 0.1) is 5.02 Å². The summed E-state index contributed by atoms with van der Waals surface area (Å²) in [7, 11) is 0. The van der Waals surface area contributed by atoms with Crippen LogP contribution in [0.15, 0.2) is 11.2 Å². The Bertz CT molecular complexity index is 592. The number of benzene rings is 1. The number of halogens is 2.